The number of halogens is 1. The van der Waals surface area contributed by atoms with Gasteiger partial charge in [0.2, 0.25) is 0 Å². The first kappa shape index (κ1) is 11.3. The van der Waals surface area contributed by atoms with E-state index in [2.05, 4.69) is 5.32 Å². The Hall–Kier alpha value is 0.250. The molecule has 13 heavy (non-hydrogen) atoms. The summed E-state index contributed by atoms with van der Waals surface area (Å²) in [5.74, 6) is 1.06. The maximum absolute atomic E-state index is 3.60. The van der Waals surface area contributed by atoms with Gasteiger partial charge in [-0.2, -0.15) is 0 Å². The van der Waals surface area contributed by atoms with E-state index in [9.17, 15) is 0 Å². The normalized spacial score (nSPS) is 30.0. The van der Waals surface area contributed by atoms with Gasteiger partial charge in [-0.15, -0.1) is 12.4 Å². The van der Waals surface area contributed by atoms with Crippen LogP contribution in [0.3, 0.4) is 0 Å². The summed E-state index contributed by atoms with van der Waals surface area (Å²) < 4.78 is 0. The van der Waals surface area contributed by atoms with Gasteiger partial charge in [0.15, 0.2) is 0 Å². The molecule has 1 heterocycles. The summed E-state index contributed by atoms with van der Waals surface area (Å²) in [6.45, 7) is 1.28. The Kier molecular flexibility index (Phi) is 5.12. The molecule has 1 N–H and O–H groups in total. The van der Waals surface area contributed by atoms with Crippen molar-refractivity contribution in [3.05, 3.63) is 0 Å². The van der Waals surface area contributed by atoms with E-state index in [4.69, 9.17) is 0 Å². The molecule has 0 aromatic heterocycles. The molecule has 0 aromatic rings. The van der Waals surface area contributed by atoms with Crippen LogP contribution in [0.5, 0.6) is 0 Å². The van der Waals surface area contributed by atoms with Crippen molar-refractivity contribution in [1.82, 2.24) is 5.32 Å². The van der Waals surface area contributed by atoms with Crippen molar-refractivity contribution in [3.63, 3.8) is 0 Å². The molecule has 1 unspecified atom stereocenters. The number of nitrogens with one attached hydrogen (secondary N) is 1. The van der Waals surface area contributed by atoms with Crippen LogP contribution < -0.4 is 5.32 Å². The Morgan fingerprint density at radius 3 is 2.31 bits per heavy atom. The minimum Gasteiger partial charge on any atom is -0.314 e. The molecule has 0 aromatic carbocycles. The minimum absolute atomic E-state index is 0. The fraction of sp³-hybridized carbons (Fsp3) is 1.00. The lowest BCUT2D eigenvalue weighted by atomic mass is 9.84. The maximum atomic E-state index is 3.60. The van der Waals surface area contributed by atoms with Gasteiger partial charge in [0, 0.05) is 6.04 Å². The summed E-state index contributed by atoms with van der Waals surface area (Å²) in [6.07, 6.45) is 11.8. The predicted octanol–water partition coefficient (Wildman–Crippen LogP) is 3.13. The van der Waals surface area contributed by atoms with Gasteiger partial charge in [-0.05, 0) is 31.7 Å². The van der Waals surface area contributed by atoms with Gasteiger partial charge in [0.1, 0.15) is 0 Å². The third-order valence-corrected chi connectivity index (χ3v) is 3.50. The Morgan fingerprint density at radius 2 is 1.69 bits per heavy atom. The molecule has 1 saturated carbocycles. The molecule has 0 radical (unpaired) electrons. The Morgan fingerprint density at radius 1 is 0.923 bits per heavy atom. The van der Waals surface area contributed by atoms with E-state index < -0.39 is 0 Å². The van der Waals surface area contributed by atoms with E-state index in [-0.39, 0.29) is 12.4 Å². The highest BCUT2D eigenvalue weighted by Crippen LogP contribution is 2.28. The Bertz CT molecular complexity index is 126. The first-order valence-electron chi connectivity index (χ1n) is 5.68. The van der Waals surface area contributed by atoms with Crippen LogP contribution in [-0.4, -0.2) is 12.6 Å². The summed E-state index contributed by atoms with van der Waals surface area (Å²) in [7, 11) is 0. The lowest BCUT2D eigenvalue weighted by molar-refractivity contribution is 0.309. The lowest BCUT2D eigenvalue weighted by Gasteiger charge is -2.24. The van der Waals surface area contributed by atoms with Gasteiger partial charge >= 0.3 is 0 Å². The van der Waals surface area contributed by atoms with E-state index in [0.717, 1.165) is 12.0 Å². The van der Waals surface area contributed by atoms with E-state index in [0.29, 0.717) is 0 Å². The average molecular weight is 204 g/mol. The average Bonchev–Trinajstić information content (AvgIpc) is 2.59. The van der Waals surface area contributed by atoms with Gasteiger partial charge in [-0.1, -0.05) is 32.1 Å². The Labute approximate surface area is 88.1 Å². The standard InChI is InChI=1S/C11H21N.ClH/c1-2-5-10(6-3-1)9-11-7-4-8-12-11;/h10-12H,1-9H2;1H. The quantitative estimate of drug-likeness (QED) is 0.727. The highest BCUT2D eigenvalue weighted by atomic mass is 35.5. The molecule has 1 atom stereocenters. The second-order valence-corrected chi connectivity index (χ2v) is 4.53. The van der Waals surface area contributed by atoms with Crippen LogP contribution in [0, 0.1) is 5.92 Å². The Balaban J connectivity index is 0.000000845. The second kappa shape index (κ2) is 5.87. The smallest absolute Gasteiger partial charge is 0.00701 e. The number of rotatable bonds is 2. The first-order chi connectivity index (χ1) is 5.95. The molecule has 78 valence electrons. The summed E-state index contributed by atoms with van der Waals surface area (Å²) in [4.78, 5) is 0. The van der Waals surface area contributed by atoms with Crippen LogP contribution in [0.1, 0.15) is 51.4 Å². The van der Waals surface area contributed by atoms with Crippen molar-refractivity contribution in [2.24, 2.45) is 5.92 Å². The van der Waals surface area contributed by atoms with Crippen LogP contribution in [0.4, 0.5) is 0 Å². The van der Waals surface area contributed by atoms with Crippen LogP contribution in [0.25, 0.3) is 0 Å². The van der Waals surface area contributed by atoms with Gasteiger partial charge in [-0.3, -0.25) is 0 Å². The summed E-state index contributed by atoms with van der Waals surface area (Å²) in [5, 5.41) is 3.60. The molecular formula is C11H22ClN. The third-order valence-electron chi connectivity index (χ3n) is 3.50. The molecule has 2 fully saturated rings. The fourth-order valence-electron chi connectivity index (χ4n) is 2.78. The van der Waals surface area contributed by atoms with E-state index >= 15 is 0 Å². The molecular weight excluding hydrogens is 182 g/mol. The number of hydrogen-bond acceptors (Lipinski definition) is 1. The maximum Gasteiger partial charge on any atom is 0.00701 e. The molecule has 1 nitrogen and oxygen atoms in total. The third kappa shape index (κ3) is 3.47. The minimum atomic E-state index is 0. The fourth-order valence-corrected chi connectivity index (χ4v) is 2.78. The first-order valence-corrected chi connectivity index (χ1v) is 5.68. The molecule has 0 amide bonds. The van der Waals surface area contributed by atoms with E-state index in [1.165, 1.54) is 57.9 Å². The van der Waals surface area contributed by atoms with Gasteiger partial charge in [-0.25, -0.2) is 0 Å². The zero-order valence-corrected chi connectivity index (χ0v) is 9.24. The zero-order valence-electron chi connectivity index (χ0n) is 8.43. The summed E-state index contributed by atoms with van der Waals surface area (Å²) in [6, 6.07) is 0.882. The van der Waals surface area contributed by atoms with Crippen molar-refractivity contribution in [2.75, 3.05) is 6.54 Å². The highest BCUT2D eigenvalue weighted by molar-refractivity contribution is 5.85. The molecule has 1 aliphatic heterocycles. The van der Waals surface area contributed by atoms with Crippen LogP contribution in [0.15, 0.2) is 0 Å². The van der Waals surface area contributed by atoms with Gasteiger partial charge in [0.25, 0.3) is 0 Å². The van der Waals surface area contributed by atoms with Crippen LogP contribution >= 0.6 is 12.4 Å². The predicted molar refractivity (Wildman–Crippen MR) is 59.5 cm³/mol. The monoisotopic (exact) mass is 203 g/mol. The lowest BCUT2D eigenvalue weighted by Crippen LogP contribution is -2.25. The number of hydrogen-bond donors (Lipinski definition) is 1. The van der Waals surface area contributed by atoms with E-state index in [1.54, 1.807) is 0 Å². The zero-order chi connectivity index (χ0) is 8.23. The highest BCUT2D eigenvalue weighted by Gasteiger charge is 2.20. The topological polar surface area (TPSA) is 12.0 Å². The van der Waals surface area contributed by atoms with Gasteiger partial charge < -0.3 is 5.32 Å². The molecule has 1 aliphatic carbocycles. The van der Waals surface area contributed by atoms with Crippen LogP contribution in [0.2, 0.25) is 0 Å². The van der Waals surface area contributed by atoms with Crippen molar-refractivity contribution < 1.29 is 0 Å². The largest absolute Gasteiger partial charge is 0.314 e. The summed E-state index contributed by atoms with van der Waals surface area (Å²) in [5.41, 5.74) is 0. The van der Waals surface area contributed by atoms with E-state index in [1.807, 2.05) is 0 Å². The molecule has 0 bridgehead atoms. The van der Waals surface area contributed by atoms with Crippen molar-refractivity contribution in [3.8, 4) is 0 Å². The van der Waals surface area contributed by atoms with Crippen LogP contribution in [-0.2, 0) is 0 Å². The molecule has 0 spiro atoms. The molecule has 2 aliphatic rings. The van der Waals surface area contributed by atoms with Crippen molar-refractivity contribution in [1.29, 1.82) is 0 Å². The molecule has 1 saturated heterocycles. The second-order valence-electron chi connectivity index (χ2n) is 4.53. The van der Waals surface area contributed by atoms with Crippen molar-refractivity contribution >= 4 is 12.4 Å². The van der Waals surface area contributed by atoms with Gasteiger partial charge in [0.05, 0.1) is 0 Å². The van der Waals surface area contributed by atoms with Crippen molar-refractivity contribution in [2.45, 2.75) is 57.4 Å². The summed E-state index contributed by atoms with van der Waals surface area (Å²) >= 11 is 0. The molecule has 2 rings (SSSR count). The SMILES string of the molecule is C1CCC(CC2CCCN2)CC1.Cl. The molecule has 2 heteroatoms.